The van der Waals surface area contributed by atoms with Crippen molar-refractivity contribution < 1.29 is 19.7 Å². The Kier molecular flexibility index (Phi) is 4.94. The second-order valence-corrected chi connectivity index (χ2v) is 6.48. The fraction of sp³-hybridized carbons (Fsp3) is 0.389. The van der Waals surface area contributed by atoms with Gasteiger partial charge in [0, 0.05) is 19.2 Å². The van der Waals surface area contributed by atoms with Crippen LogP contribution in [0.15, 0.2) is 41.5 Å². The number of carboxylic acids is 1. The molecule has 1 aliphatic heterocycles. The number of aliphatic hydroxyl groups excluding tert-OH is 1. The van der Waals surface area contributed by atoms with E-state index in [0.717, 1.165) is 5.56 Å². The van der Waals surface area contributed by atoms with Crippen molar-refractivity contribution in [2.75, 3.05) is 25.1 Å². The lowest BCUT2D eigenvalue weighted by Crippen LogP contribution is -2.57. The Balaban J connectivity index is 1.94. The van der Waals surface area contributed by atoms with Crippen molar-refractivity contribution in [2.24, 2.45) is 5.41 Å². The third-order valence-corrected chi connectivity index (χ3v) is 4.85. The van der Waals surface area contributed by atoms with Gasteiger partial charge in [-0.05, 0) is 30.5 Å². The number of aromatic amines is 1. The van der Waals surface area contributed by atoms with Gasteiger partial charge in [-0.3, -0.25) is 9.59 Å². The number of hydrogen-bond donors (Lipinski definition) is 3. The summed E-state index contributed by atoms with van der Waals surface area (Å²) in [7, 11) is 1.54. The summed E-state index contributed by atoms with van der Waals surface area (Å²) < 4.78 is 5.20. The number of benzene rings is 1. The van der Waals surface area contributed by atoms with Crippen LogP contribution in [-0.4, -0.2) is 52.5 Å². The van der Waals surface area contributed by atoms with E-state index in [0.29, 0.717) is 18.1 Å². The number of aliphatic carboxylic acids is 1. The average Bonchev–Trinajstić information content (AvgIpc) is 2.63. The predicted octanol–water partition coefficient (Wildman–Crippen LogP) is 0.663. The summed E-state index contributed by atoms with van der Waals surface area (Å²) in [5, 5.41) is 20.5. The predicted molar refractivity (Wildman–Crippen MR) is 94.5 cm³/mol. The average molecular weight is 359 g/mol. The van der Waals surface area contributed by atoms with E-state index in [1.54, 1.807) is 30.2 Å². The maximum atomic E-state index is 12.2. The highest BCUT2D eigenvalue weighted by Crippen LogP contribution is 2.36. The van der Waals surface area contributed by atoms with E-state index >= 15 is 0 Å². The Hall–Kier alpha value is -2.87. The molecule has 1 fully saturated rings. The zero-order valence-corrected chi connectivity index (χ0v) is 14.4. The van der Waals surface area contributed by atoms with E-state index in [4.69, 9.17) is 4.74 Å². The highest BCUT2D eigenvalue weighted by atomic mass is 16.5. The Labute approximate surface area is 150 Å². The minimum Gasteiger partial charge on any atom is -0.497 e. The molecule has 26 heavy (non-hydrogen) atoms. The summed E-state index contributed by atoms with van der Waals surface area (Å²) >= 11 is 0. The SMILES string of the molecule is COc1cccc(C[C@@]2(C(=O)O)CN(c3cc(=O)[nH]cn3)CC[C@@H]2O)c1. The lowest BCUT2D eigenvalue weighted by Gasteiger charge is -2.43. The molecule has 2 aromatic rings. The first-order chi connectivity index (χ1) is 12.4. The van der Waals surface area contributed by atoms with E-state index in [1.165, 1.54) is 12.4 Å². The second-order valence-electron chi connectivity index (χ2n) is 6.48. The molecule has 8 nitrogen and oxygen atoms in total. The molecule has 3 N–H and O–H groups in total. The number of aromatic nitrogens is 2. The van der Waals surface area contributed by atoms with Crippen molar-refractivity contribution in [2.45, 2.75) is 18.9 Å². The highest BCUT2D eigenvalue weighted by molar-refractivity contribution is 5.77. The van der Waals surface area contributed by atoms with Crippen molar-refractivity contribution in [3.63, 3.8) is 0 Å². The molecular formula is C18H21N3O5. The normalized spacial score (nSPS) is 22.8. The fourth-order valence-electron chi connectivity index (χ4n) is 3.41. The first kappa shape index (κ1) is 17.9. The molecule has 1 saturated heterocycles. The van der Waals surface area contributed by atoms with Crippen LogP contribution in [0.5, 0.6) is 5.75 Å². The maximum absolute atomic E-state index is 12.2. The molecule has 2 heterocycles. The van der Waals surface area contributed by atoms with Gasteiger partial charge in [-0.1, -0.05) is 12.1 Å². The third-order valence-electron chi connectivity index (χ3n) is 4.85. The van der Waals surface area contributed by atoms with Crippen LogP contribution < -0.4 is 15.2 Å². The number of rotatable bonds is 5. The smallest absolute Gasteiger partial charge is 0.314 e. The molecule has 2 atom stereocenters. The van der Waals surface area contributed by atoms with E-state index < -0.39 is 17.5 Å². The van der Waals surface area contributed by atoms with E-state index in [1.807, 2.05) is 6.07 Å². The van der Waals surface area contributed by atoms with Gasteiger partial charge in [-0.2, -0.15) is 0 Å². The zero-order chi connectivity index (χ0) is 18.7. The van der Waals surface area contributed by atoms with Gasteiger partial charge in [-0.25, -0.2) is 4.98 Å². The number of ether oxygens (including phenoxy) is 1. The summed E-state index contributed by atoms with van der Waals surface area (Å²) in [6, 6.07) is 8.47. The Morgan fingerprint density at radius 3 is 2.96 bits per heavy atom. The molecular weight excluding hydrogens is 338 g/mol. The first-order valence-electron chi connectivity index (χ1n) is 8.29. The van der Waals surface area contributed by atoms with Gasteiger partial charge in [-0.15, -0.1) is 0 Å². The van der Waals surface area contributed by atoms with Crippen molar-refractivity contribution in [1.82, 2.24) is 9.97 Å². The molecule has 1 aromatic carbocycles. The summed E-state index contributed by atoms with van der Waals surface area (Å²) in [5.41, 5.74) is -0.962. The van der Waals surface area contributed by atoms with Crippen molar-refractivity contribution >= 4 is 11.8 Å². The van der Waals surface area contributed by atoms with Gasteiger partial charge >= 0.3 is 5.97 Å². The van der Waals surface area contributed by atoms with Gasteiger partial charge in [0.25, 0.3) is 5.56 Å². The van der Waals surface area contributed by atoms with Crippen molar-refractivity contribution in [1.29, 1.82) is 0 Å². The number of hydrogen-bond acceptors (Lipinski definition) is 6. The number of anilines is 1. The standard InChI is InChI=1S/C18H21N3O5/c1-26-13-4-2-3-12(7-13)9-18(17(24)25)10-21(6-5-14(18)22)15-8-16(23)20-11-19-15/h2-4,7-8,11,14,22H,5-6,9-10H2,1H3,(H,24,25)(H,19,20,23)/t14-,18+/m0/s1. The van der Waals surface area contributed by atoms with Crippen LogP contribution in [0.2, 0.25) is 0 Å². The molecule has 1 aromatic heterocycles. The largest absolute Gasteiger partial charge is 0.497 e. The first-order valence-corrected chi connectivity index (χ1v) is 8.29. The number of piperidine rings is 1. The quantitative estimate of drug-likeness (QED) is 0.718. The summed E-state index contributed by atoms with van der Waals surface area (Å²) in [6.07, 6.45) is 0.683. The maximum Gasteiger partial charge on any atom is 0.314 e. The van der Waals surface area contributed by atoms with Crippen LogP contribution in [0, 0.1) is 5.41 Å². The lowest BCUT2D eigenvalue weighted by atomic mass is 9.73. The Morgan fingerprint density at radius 2 is 2.27 bits per heavy atom. The van der Waals surface area contributed by atoms with Crippen LogP contribution in [0.3, 0.4) is 0 Å². The molecule has 0 amide bonds. The summed E-state index contributed by atoms with van der Waals surface area (Å²) in [6.45, 7) is 0.474. The van der Waals surface area contributed by atoms with Crippen LogP contribution >= 0.6 is 0 Å². The number of H-pyrrole nitrogens is 1. The number of aliphatic hydroxyl groups is 1. The van der Waals surface area contributed by atoms with Gasteiger partial charge < -0.3 is 24.8 Å². The number of nitrogens with zero attached hydrogens (tertiary/aromatic N) is 2. The zero-order valence-electron chi connectivity index (χ0n) is 14.4. The number of carboxylic acid groups (broad SMARTS) is 1. The number of carbonyl (C=O) groups is 1. The van der Waals surface area contributed by atoms with E-state index in [9.17, 15) is 19.8 Å². The second kappa shape index (κ2) is 7.17. The number of nitrogens with one attached hydrogen (secondary N) is 1. The minimum absolute atomic E-state index is 0.0527. The minimum atomic E-state index is -1.41. The van der Waals surface area contributed by atoms with Crippen molar-refractivity contribution in [3.05, 3.63) is 52.6 Å². The van der Waals surface area contributed by atoms with Crippen molar-refractivity contribution in [3.8, 4) is 5.75 Å². The topological polar surface area (TPSA) is 116 Å². The summed E-state index contributed by atoms with van der Waals surface area (Å²) in [4.78, 5) is 32.0. The van der Waals surface area contributed by atoms with Crippen LogP contribution in [0.4, 0.5) is 5.82 Å². The van der Waals surface area contributed by atoms with Gasteiger partial charge in [0.15, 0.2) is 0 Å². The summed E-state index contributed by atoms with van der Waals surface area (Å²) in [5.74, 6) is -0.0549. The molecule has 0 unspecified atom stereocenters. The molecule has 0 saturated carbocycles. The van der Waals surface area contributed by atoms with Crippen LogP contribution in [0.1, 0.15) is 12.0 Å². The van der Waals surface area contributed by atoms with Gasteiger partial charge in [0.2, 0.25) is 0 Å². The van der Waals surface area contributed by atoms with Gasteiger partial charge in [0.05, 0.1) is 19.5 Å². The van der Waals surface area contributed by atoms with Crippen LogP contribution in [-0.2, 0) is 11.2 Å². The Bertz CT molecular complexity index is 852. The Morgan fingerprint density at radius 1 is 1.46 bits per heavy atom. The molecule has 0 radical (unpaired) electrons. The monoisotopic (exact) mass is 359 g/mol. The van der Waals surface area contributed by atoms with E-state index in [-0.39, 0.29) is 24.9 Å². The molecule has 0 bridgehead atoms. The molecule has 0 spiro atoms. The van der Waals surface area contributed by atoms with Gasteiger partial charge in [0.1, 0.15) is 17.0 Å². The molecule has 1 aliphatic rings. The van der Waals surface area contributed by atoms with E-state index in [2.05, 4.69) is 9.97 Å². The molecule has 0 aliphatic carbocycles. The molecule has 138 valence electrons. The molecule has 3 rings (SSSR count). The third kappa shape index (κ3) is 3.41. The lowest BCUT2D eigenvalue weighted by molar-refractivity contribution is -0.157. The number of methoxy groups -OCH3 is 1. The fourth-order valence-corrected chi connectivity index (χ4v) is 3.41. The van der Waals surface area contributed by atoms with Crippen LogP contribution in [0.25, 0.3) is 0 Å². The highest BCUT2D eigenvalue weighted by Gasteiger charge is 2.49. The molecule has 8 heteroatoms.